The third kappa shape index (κ3) is 2.43. The fourth-order valence-corrected chi connectivity index (χ4v) is 6.12. The second-order valence-electron chi connectivity index (χ2n) is 8.53. The molecule has 2 unspecified atom stereocenters. The molecule has 2 atom stereocenters. The minimum Gasteiger partial charge on any atom is -0.482 e. The number of esters is 2. The molecule has 0 bridgehead atoms. The summed E-state index contributed by atoms with van der Waals surface area (Å²) in [4.78, 5) is 23.6. The van der Waals surface area contributed by atoms with Crippen LogP contribution >= 0.6 is 0 Å². The first-order valence-electron chi connectivity index (χ1n) is 10.9. The van der Waals surface area contributed by atoms with Crippen molar-refractivity contribution >= 4 is 11.9 Å². The van der Waals surface area contributed by atoms with E-state index < -0.39 is 11.9 Å². The Morgan fingerprint density at radius 1 is 0.697 bits per heavy atom. The molecule has 0 amide bonds. The van der Waals surface area contributed by atoms with Crippen molar-refractivity contribution in [3.8, 4) is 11.5 Å². The lowest BCUT2D eigenvalue weighted by atomic mass is 9.43. The van der Waals surface area contributed by atoms with Crippen LogP contribution in [0.4, 0.5) is 0 Å². The van der Waals surface area contributed by atoms with Gasteiger partial charge >= 0.3 is 11.9 Å². The van der Waals surface area contributed by atoms with Crippen molar-refractivity contribution < 1.29 is 28.5 Å². The van der Waals surface area contributed by atoms with E-state index >= 15 is 0 Å². The van der Waals surface area contributed by atoms with Crippen molar-refractivity contribution in [3.05, 3.63) is 94.0 Å². The van der Waals surface area contributed by atoms with E-state index in [2.05, 4.69) is 48.5 Å². The molecule has 3 aromatic rings. The maximum Gasteiger partial charge on any atom is 0.343 e. The largest absolute Gasteiger partial charge is 0.482 e. The van der Waals surface area contributed by atoms with Gasteiger partial charge in [-0.05, 0) is 34.4 Å². The predicted octanol–water partition coefficient (Wildman–Crippen LogP) is 3.68. The number of hydrogen-bond donors (Lipinski definition) is 0. The van der Waals surface area contributed by atoms with Crippen molar-refractivity contribution in [2.75, 3.05) is 27.4 Å². The number of methoxy groups -OCH3 is 2. The summed E-state index contributed by atoms with van der Waals surface area (Å²) in [5.41, 5.74) is 6.97. The van der Waals surface area contributed by atoms with Gasteiger partial charge in [0.2, 0.25) is 0 Å². The van der Waals surface area contributed by atoms with E-state index in [4.69, 9.17) is 18.9 Å². The summed E-state index contributed by atoms with van der Waals surface area (Å²) in [5, 5.41) is 0. The normalized spacial score (nSPS) is 22.2. The van der Waals surface area contributed by atoms with Gasteiger partial charge in [-0.1, -0.05) is 48.5 Å². The standard InChI is InChI=1S/C27H22O6/c1-30-21(28)13-32-19-11-12-20(33-14-22(29)31-2)24-23(19)25-15-7-3-5-9-17(15)27(25)18-10-6-4-8-16(18)26(24)27/h3-12,25-26H,13-14H2,1-2H3. The Morgan fingerprint density at radius 3 is 1.55 bits per heavy atom. The van der Waals surface area contributed by atoms with E-state index in [1.54, 1.807) is 0 Å². The first-order chi connectivity index (χ1) is 16.1. The van der Waals surface area contributed by atoms with E-state index in [1.807, 2.05) is 12.1 Å². The highest BCUT2D eigenvalue weighted by atomic mass is 16.6. The maximum absolute atomic E-state index is 11.8. The molecule has 166 valence electrons. The quantitative estimate of drug-likeness (QED) is 0.543. The second kappa shape index (κ2) is 7.10. The van der Waals surface area contributed by atoms with E-state index in [0.29, 0.717) is 11.5 Å². The highest BCUT2D eigenvalue weighted by molar-refractivity contribution is 5.82. The summed E-state index contributed by atoms with van der Waals surface area (Å²) < 4.78 is 21.5. The Morgan fingerprint density at radius 2 is 1.12 bits per heavy atom. The Balaban J connectivity index is 1.55. The van der Waals surface area contributed by atoms with Gasteiger partial charge in [0.1, 0.15) is 11.5 Å². The molecule has 0 saturated heterocycles. The zero-order chi connectivity index (χ0) is 22.7. The van der Waals surface area contributed by atoms with Crippen molar-refractivity contribution in [1.29, 1.82) is 0 Å². The van der Waals surface area contributed by atoms with Gasteiger partial charge in [0.05, 0.1) is 14.2 Å². The Labute approximate surface area is 191 Å². The molecule has 33 heavy (non-hydrogen) atoms. The van der Waals surface area contributed by atoms with Crippen LogP contribution < -0.4 is 9.47 Å². The average molecular weight is 442 g/mol. The molecule has 6 rings (SSSR count). The Hall–Kier alpha value is -3.80. The first-order valence-corrected chi connectivity index (χ1v) is 10.9. The molecular weight excluding hydrogens is 420 g/mol. The van der Waals surface area contributed by atoms with E-state index in [1.165, 1.54) is 36.5 Å². The monoisotopic (exact) mass is 442 g/mol. The number of carbonyl (C=O) groups excluding carboxylic acids is 2. The lowest BCUT2D eigenvalue weighted by Gasteiger charge is -2.58. The van der Waals surface area contributed by atoms with E-state index in [9.17, 15) is 9.59 Å². The minimum atomic E-state index is -0.442. The summed E-state index contributed by atoms with van der Waals surface area (Å²) in [6.45, 7) is -0.353. The van der Waals surface area contributed by atoms with Crippen LogP contribution in [0.3, 0.4) is 0 Å². The summed E-state index contributed by atoms with van der Waals surface area (Å²) in [5.74, 6) is 0.557. The van der Waals surface area contributed by atoms with Crippen LogP contribution in [0.1, 0.15) is 45.2 Å². The summed E-state index contributed by atoms with van der Waals surface area (Å²) in [6, 6.07) is 20.6. The van der Waals surface area contributed by atoms with Crippen molar-refractivity contribution in [2.24, 2.45) is 0 Å². The van der Waals surface area contributed by atoms with Gasteiger partial charge in [-0.3, -0.25) is 0 Å². The van der Waals surface area contributed by atoms with Gasteiger partial charge in [-0.25, -0.2) is 9.59 Å². The zero-order valence-corrected chi connectivity index (χ0v) is 18.3. The highest BCUT2D eigenvalue weighted by Crippen LogP contribution is 2.79. The molecular formula is C27H22O6. The van der Waals surface area contributed by atoms with Crippen LogP contribution in [0.2, 0.25) is 0 Å². The third-order valence-electron chi connectivity index (χ3n) is 7.28. The molecule has 0 radical (unpaired) electrons. The third-order valence-corrected chi connectivity index (χ3v) is 7.28. The molecule has 1 spiro atoms. The van der Waals surface area contributed by atoms with Gasteiger partial charge in [0, 0.05) is 28.4 Å². The fourth-order valence-electron chi connectivity index (χ4n) is 6.12. The first kappa shape index (κ1) is 19.9. The molecule has 6 nitrogen and oxygen atoms in total. The molecule has 0 aromatic heterocycles. The van der Waals surface area contributed by atoms with Crippen LogP contribution in [-0.2, 0) is 24.5 Å². The molecule has 6 heteroatoms. The number of fused-ring (bicyclic) bond motifs is 7. The van der Waals surface area contributed by atoms with Crippen molar-refractivity contribution in [1.82, 2.24) is 0 Å². The molecule has 0 aliphatic heterocycles. The van der Waals surface area contributed by atoms with Gasteiger partial charge < -0.3 is 18.9 Å². The number of hydrogen-bond acceptors (Lipinski definition) is 6. The molecule has 0 saturated carbocycles. The van der Waals surface area contributed by atoms with Gasteiger partial charge in [0.25, 0.3) is 0 Å². The van der Waals surface area contributed by atoms with E-state index in [0.717, 1.165) is 11.1 Å². The number of ether oxygens (including phenoxy) is 4. The van der Waals surface area contributed by atoms with Crippen molar-refractivity contribution in [3.63, 3.8) is 0 Å². The number of benzene rings is 3. The number of carbonyl (C=O) groups is 2. The van der Waals surface area contributed by atoms with Gasteiger partial charge in [-0.2, -0.15) is 0 Å². The van der Waals surface area contributed by atoms with Crippen LogP contribution in [0.5, 0.6) is 11.5 Å². The lowest BCUT2D eigenvalue weighted by molar-refractivity contribution is -0.143. The SMILES string of the molecule is COC(=O)COc1ccc(OCC(=O)OC)c2c1C1c3ccccc3C13c1ccccc1C23. The van der Waals surface area contributed by atoms with E-state index in [-0.39, 0.29) is 30.5 Å². The second-order valence-corrected chi connectivity index (χ2v) is 8.53. The fraction of sp³-hybridized carbons (Fsp3) is 0.259. The molecule has 0 heterocycles. The van der Waals surface area contributed by atoms with Crippen molar-refractivity contribution in [2.45, 2.75) is 17.3 Å². The molecule has 3 aliphatic rings. The average Bonchev–Trinajstić information content (AvgIpc) is 3.06. The Bertz CT molecular complexity index is 1210. The smallest absolute Gasteiger partial charge is 0.343 e. The molecule has 0 fully saturated rings. The van der Waals surface area contributed by atoms with Gasteiger partial charge in [-0.15, -0.1) is 0 Å². The highest BCUT2D eigenvalue weighted by Gasteiger charge is 2.70. The summed E-state index contributed by atoms with van der Waals surface area (Å²) >= 11 is 0. The lowest BCUT2D eigenvalue weighted by Crippen LogP contribution is -2.52. The van der Waals surface area contributed by atoms with Crippen LogP contribution in [0.25, 0.3) is 0 Å². The van der Waals surface area contributed by atoms with Crippen LogP contribution in [0.15, 0.2) is 60.7 Å². The summed E-state index contributed by atoms with van der Waals surface area (Å²) in [7, 11) is 2.68. The zero-order valence-electron chi connectivity index (χ0n) is 18.3. The van der Waals surface area contributed by atoms with Crippen LogP contribution in [-0.4, -0.2) is 39.4 Å². The number of rotatable bonds is 6. The summed E-state index contributed by atoms with van der Waals surface area (Å²) in [6.07, 6.45) is 0. The molecule has 3 aromatic carbocycles. The predicted molar refractivity (Wildman–Crippen MR) is 119 cm³/mol. The minimum absolute atomic E-state index is 0.0814. The topological polar surface area (TPSA) is 71.1 Å². The molecule has 3 aliphatic carbocycles. The van der Waals surface area contributed by atoms with Gasteiger partial charge in [0.15, 0.2) is 13.2 Å². The molecule has 0 N–H and O–H groups in total. The maximum atomic E-state index is 11.8. The van der Waals surface area contributed by atoms with Crippen LogP contribution in [0, 0.1) is 0 Å². The Kier molecular flexibility index (Phi) is 4.27.